The van der Waals surface area contributed by atoms with Crippen molar-refractivity contribution in [1.29, 1.82) is 0 Å². The number of benzene rings is 1. The fourth-order valence-electron chi connectivity index (χ4n) is 1.63. The molecule has 0 atom stereocenters. The fraction of sp³-hybridized carbons (Fsp3) is 0.214. The van der Waals surface area contributed by atoms with Gasteiger partial charge < -0.3 is 15.2 Å². The molecule has 1 aromatic carbocycles. The van der Waals surface area contributed by atoms with Gasteiger partial charge in [-0.1, -0.05) is 6.07 Å². The van der Waals surface area contributed by atoms with Crippen LogP contribution >= 0.6 is 0 Å². The average molecular weight is 244 g/mol. The molecule has 0 bridgehead atoms. The minimum Gasteiger partial charge on any atom is -0.493 e. The topological polar surface area (TPSA) is 57.4 Å². The summed E-state index contributed by atoms with van der Waals surface area (Å²) in [6.07, 6.45) is 1.77. The van der Waals surface area contributed by atoms with Crippen LogP contribution in [-0.2, 0) is 6.61 Å². The molecule has 94 valence electrons. The first-order valence-corrected chi connectivity index (χ1v) is 5.67. The molecule has 1 heterocycles. The molecule has 1 aromatic heterocycles. The zero-order valence-corrected chi connectivity index (χ0v) is 10.5. The molecule has 0 unspecified atom stereocenters. The number of pyridine rings is 1. The summed E-state index contributed by atoms with van der Waals surface area (Å²) in [6.45, 7) is 2.42. The summed E-state index contributed by atoms with van der Waals surface area (Å²) in [5.41, 5.74) is 8.36. The molecule has 2 N–H and O–H groups in total. The van der Waals surface area contributed by atoms with Gasteiger partial charge >= 0.3 is 0 Å². The lowest BCUT2D eigenvalue weighted by molar-refractivity contribution is 0.283. The van der Waals surface area contributed by atoms with Crippen molar-refractivity contribution in [2.75, 3.05) is 12.8 Å². The van der Waals surface area contributed by atoms with Crippen molar-refractivity contribution in [3.05, 3.63) is 47.8 Å². The van der Waals surface area contributed by atoms with Crippen LogP contribution in [0.2, 0.25) is 0 Å². The van der Waals surface area contributed by atoms with Crippen LogP contribution in [0.15, 0.2) is 36.5 Å². The van der Waals surface area contributed by atoms with Gasteiger partial charge in [-0.3, -0.25) is 4.98 Å². The first kappa shape index (κ1) is 12.2. The van der Waals surface area contributed by atoms with Crippen molar-refractivity contribution < 1.29 is 9.47 Å². The number of aromatic nitrogens is 1. The normalized spacial score (nSPS) is 10.1. The summed E-state index contributed by atoms with van der Waals surface area (Å²) < 4.78 is 11.0. The Kier molecular flexibility index (Phi) is 3.67. The van der Waals surface area contributed by atoms with Crippen molar-refractivity contribution in [2.45, 2.75) is 13.5 Å². The maximum atomic E-state index is 5.73. The summed E-state index contributed by atoms with van der Waals surface area (Å²) in [6, 6.07) is 9.22. The van der Waals surface area contributed by atoms with Crippen molar-refractivity contribution in [1.82, 2.24) is 4.98 Å². The van der Waals surface area contributed by atoms with E-state index in [-0.39, 0.29) is 0 Å². The molecule has 0 aliphatic rings. The Morgan fingerprint density at radius 1 is 1.22 bits per heavy atom. The third-order valence-corrected chi connectivity index (χ3v) is 2.69. The van der Waals surface area contributed by atoms with Crippen LogP contribution in [0.25, 0.3) is 0 Å². The number of anilines is 1. The molecule has 0 fully saturated rings. The number of methoxy groups -OCH3 is 1. The van der Waals surface area contributed by atoms with E-state index in [1.165, 1.54) is 0 Å². The van der Waals surface area contributed by atoms with E-state index in [9.17, 15) is 0 Å². The monoisotopic (exact) mass is 244 g/mol. The molecule has 0 aliphatic carbocycles. The van der Waals surface area contributed by atoms with Gasteiger partial charge in [0, 0.05) is 29.2 Å². The highest BCUT2D eigenvalue weighted by Crippen LogP contribution is 2.29. The van der Waals surface area contributed by atoms with Gasteiger partial charge in [0.2, 0.25) is 0 Å². The van der Waals surface area contributed by atoms with E-state index >= 15 is 0 Å². The first-order chi connectivity index (χ1) is 8.70. The smallest absolute Gasteiger partial charge is 0.162 e. The Balaban J connectivity index is 2.13. The molecule has 2 rings (SSSR count). The first-order valence-electron chi connectivity index (χ1n) is 5.67. The molecule has 18 heavy (non-hydrogen) atoms. The Labute approximate surface area is 106 Å². The second-order valence-corrected chi connectivity index (χ2v) is 3.95. The molecule has 0 spiro atoms. The minimum atomic E-state index is 0.458. The SMILES string of the molecule is COc1cc(N)ccc1OCc1cccnc1C. The molecule has 4 heteroatoms. The van der Waals surface area contributed by atoms with Crippen molar-refractivity contribution >= 4 is 5.69 Å². The van der Waals surface area contributed by atoms with Crippen molar-refractivity contribution in [2.24, 2.45) is 0 Å². The molecular weight excluding hydrogens is 228 g/mol. The summed E-state index contributed by atoms with van der Waals surface area (Å²) in [4.78, 5) is 4.22. The Morgan fingerprint density at radius 3 is 2.78 bits per heavy atom. The molecule has 2 aromatic rings. The quantitative estimate of drug-likeness (QED) is 0.840. The molecule has 4 nitrogen and oxygen atoms in total. The number of rotatable bonds is 4. The predicted molar refractivity (Wildman–Crippen MR) is 70.7 cm³/mol. The third-order valence-electron chi connectivity index (χ3n) is 2.69. The second-order valence-electron chi connectivity index (χ2n) is 3.95. The number of hydrogen-bond donors (Lipinski definition) is 1. The highest BCUT2D eigenvalue weighted by atomic mass is 16.5. The number of ether oxygens (including phenoxy) is 2. The van der Waals surface area contributed by atoms with Gasteiger partial charge in [0.25, 0.3) is 0 Å². The van der Waals surface area contributed by atoms with Crippen LogP contribution in [0.3, 0.4) is 0 Å². The highest BCUT2D eigenvalue weighted by molar-refractivity contribution is 5.51. The third kappa shape index (κ3) is 2.71. The van der Waals surface area contributed by atoms with Crippen LogP contribution in [-0.4, -0.2) is 12.1 Å². The zero-order valence-electron chi connectivity index (χ0n) is 10.5. The lowest BCUT2D eigenvalue weighted by Gasteiger charge is -2.12. The Morgan fingerprint density at radius 2 is 2.06 bits per heavy atom. The number of aryl methyl sites for hydroxylation is 1. The van der Waals surface area contributed by atoms with Crippen LogP contribution in [0, 0.1) is 6.92 Å². The number of nitrogen functional groups attached to an aromatic ring is 1. The standard InChI is InChI=1S/C14H16N2O2/c1-10-11(4-3-7-16-10)9-18-13-6-5-12(15)8-14(13)17-2/h3-8H,9,15H2,1-2H3. The summed E-state index contributed by atoms with van der Waals surface area (Å²) in [5, 5.41) is 0. The number of nitrogens with zero attached hydrogens (tertiary/aromatic N) is 1. The Bertz CT molecular complexity index is 541. The van der Waals surface area contributed by atoms with E-state index in [0.717, 1.165) is 11.3 Å². The maximum Gasteiger partial charge on any atom is 0.162 e. The van der Waals surface area contributed by atoms with Gasteiger partial charge in [-0.05, 0) is 25.1 Å². The largest absolute Gasteiger partial charge is 0.493 e. The maximum absolute atomic E-state index is 5.73. The van der Waals surface area contributed by atoms with Gasteiger partial charge in [0.15, 0.2) is 11.5 Å². The minimum absolute atomic E-state index is 0.458. The summed E-state index contributed by atoms with van der Waals surface area (Å²) in [5.74, 6) is 1.31. The summed E-state index contributed by atoms with van der Waals surface area (Å²) >= 11 is 0. The van der Waals surface area contributed by atoms with E-state index in [1.54, 1.807) is 31.5 Å². The molecule has 0 saturated heterocycles. The average Bonchev–Trinajstić information content (AvgIpc) is 2.39. The molecule has 0 radical (unpaired) electrons. The molecule has 0 aliphatic heterocycles. The van der Waals surface area contributed by atoms with Gasteiger partial charge in [-0.15, -0.1) is 0 Å². The zero-order chi connectivity index (χ0) is 13.0. The number of nitrogens with two attached hydrogens (primary N) is 1. The van der Waals surface area contributed by atoms with Gasteiger partial charge in [-0.2, -0.15) is 0 Å². The van der Waals surface area contributed by atoms with Crippen LogP contribution in [0.5, 0.6) is 11.5 Å². The van der Waals surface area contributed by atoms with E-state index < -0.39 is 0 Å². The van der Waals surface area contributed by atoms with E-state index in [0.29, 0.717) is 23.8 Å². The second kappa shape index (κ2) is 5.40. The predicted octanol–water partition coefficient (Wildman–Crippen LogP) is 2.56. The van der Waals surface area contributed by atoms with Gasteiger partial charge in [0.1, 0.15) is 6.61 Å². The fourth-order valence-corrected chi connectivity index (χ4v) is 1.63. The van der Waals surface area contributed by atoms with Crippen LogP contribution in [0.4, 0.5) is 5.69 Å². The Hall–Kier alpha value is -2.23. The van der Waals surface area contributed by atoms with Crippen LogP contribution in [0.1, 0.15) is 11.3 Å². The number of hydrogen-bond acceptors (Lipinski definition) is 4. The molecule has 0 saturated carbocycles. The van der Waals surface area contributed by atoms with E-state index in [4.69, 9.17) is 15.2 Å². The van der Waals surface area contributed by atoms with Crippen LogP contribution < -0.4 is 15.2 Å². The molecule has 0 amide bonds. The summed E-state index contributed by atoms with van der Waals surface area (Å²) in [7, 11) is 1.59. The van der Waals surface area contributed by atoms with Gasteiger partial charge in [0.05, 0.1) is 7.11 Å². The van der Waals surface area contributed by atoms with E-state index in [1.807, 2.05) is 19.1 Å². The molecular formula is C14H16N2O2. The van der Waals surface area contributed by atoms with Crippen molar-refractivity contribution in [3.8, 4) is 11.5 Å². The van der Waals surface area contributed by atoms with E-state index in [2.05, 4.69) is 4.98 Å². The van der Waals surface area contributed by atoms with Crippen molar-refractivity contribution in [3.63, 3.8) is 0 Å². The van der Waals surface area contributed by atoms with Gasteiger partial charge in [-0.25, -0.2) is 0 Å². The lowest BCUT2D eigenvalue weighted by atomic mass is 10.2. The lowest BCUT2D eigenvalue weighted by Crippen LogP contribution is -2.01. The highest BCUT2D eigenvalue weighted by Gasteiger charge is 2.06.